The molecule has 0 fully saturated rings. The average Bonchev–Trinajstić information content (AvgIpc) is 2.97. The summed E-state index contributed by atoms with van der Waals surface area (Å²) >= 11 is 6.20. The van der Waals surface area contributed by atoms with Crippen molar-refractivity contribution in [3.8, 4) is 0 Å². The van der Waals surface area contributed by atoms with E-state index < -0.39 is 0 Å². The SMILES string of the molecule is Cc1cc(Nc2c(C3=CC=C(F)CC3)nc3n2C(C)(C)CN(C)C3)ccc1Cl. The van der Waals surface area contributed by atoms with Crippen LogP contribution in [0.3, 0.4) is 0 Å². The van der Waals surface area contributed by atoms with Crippen molar-refractivity contribution in [2.24, 2.45) is 0 Å². The molecule has 0 saturated carbocycles. The minimum atomic E-state index is -0.117. The monoisotopic (exact) mass is 400 g/mol. The number of aromatic nitrogens is 2. The second kappa shape index (κ2) is 7.05. The van der Waals surface area contributed by atoms with E-state index in [1.54, 1.807) is 6.08 Å². The predicted molar refractivity (Wildman–Crippen MR) is 114 cm³/mol. The van der Waals surface area contributed by atoms with Gasteiger partial charge in [-0.15, -0.1) is 0 Å². The summed E-state index contributed by atoms with van der Waals surface area (Å²) in [5.74, 6) is 1.92. The lowest BCUT2D eigenvalue weighted by Crippen LogP contribution is -2.45. The molecule has 2 aliphatic rings. The second-order valence-electron chi connectivity index (χ2n) is 8.44. The van der Waals surface area contributed by atoms with Crippen molar-refractivity contribution >= 4 is 28.7 Å². The smallest absolute Gasteiger partial charge is 0.139 e. The number of anilines is 2. The largest absolute Gasteiger partial charge is 0.340 e. The molecular formula is C22H26ClFN4. The molecule has 1 aliphatic heterocycles. The van der Waals surface area contributed by atoms with E-state index in [0.717, 1.165) is 52.3 Å². The Labute approximate surface area is 170 Å². The van der Waals surface area contributed by atoms with Crippen molar-refractivity contribution in [2.45, 2.75) is 45.7 Å². The fourth-order valence-corrected chi connectivity index (χ4v) is 4.38. The van der Waals surface area contributed by atoms with Crippen LogP contribution in [0.5, 0.6) is 0 Å². The molecule has 0 saturated heterocycles. The summed E-state index contributed by atoms with van der Waals surface area (Å²) in [7, 11) is 2.12. The highest BCUT2D eigenvalue weighted by molar-refractivity contribution is 6.31. The van der Waals surface area contributed by atoms with Crippen LogP contribution in [0.25, 0.3) is 5.57 Å². The first kappa shape index (κ1) is 19.2. The molecule has 1 N–H and O–H groups in total. The number of hydrogen-bond acceptors (Lipinski definition) is 3. The van der Waals surface area contributed by atoms with Crippen LogP contribution >= 0.6 is 11.6 Å². The molecule has 4 rings (SSSR count). The summed E-state index contributed by atoms with van der Waals surface area (Å²) in [6.07, 6.45) is 4.51. The van der Waals surface area contributed by atoms with Crippen LogP contribution in [0, 0.1) is 6.92 Å². The van der Waals surface area contributed by atoms with E-state index >= 15 is 0 Å². The number of hydrogen-bond donors (Lipinski definition) is 1. The average molecular weight is 401 g/mol. The number of nitrogens with one attached hydrogen (secondary N) is 1. The minimum Gasteiger partial charge on any atom is -0.340 e. The van der Waals surface area contributed by atoms with Gasteiger partial charge in [-0.05, 0) is 69.7 Å². The first-order valence-corrected chi connectivity index (χ1v) is 10.0. The Morgan fingerprint density at radius 2 is 2.00 bits per heavy atom. The highest BCUT2D eigenvalue weighted by Crippen LogP contribution is 2.39. The molecular weight excluding hydrogens is 375 g/mol. The Kier molecular flexibility index (Phi) is 4.84. The van der Waals surface area contributed by atoms with Crippen molar-refractivity contribution in [1.82, 2.24) is 14.5 Å². The molecule has 1 aromatic heterocycles. The maximum atomic E-state index is 13.6. The number of nitrogens with zero attached hydrogens (tertiary/aromatic N) is 3. The number of likely N-dealkylation sites (N-methyl/N-ethyl adjacent to an activating group) is 1. The Hall–Kier alpha value is -2.11. The van der Waals surface area contributed by atoms with Crippen molar-refractivity contribution < 1.29 is 4.39 Å². The fourth-order valence-electron chi connectivity index (χ4n) is 4.26. The summed E-state index contributed by atoms with van der Waals surface area (Å²) in [6, 6.07) is 5.93. The number of aryl methyl sites for hydroxylation is 1. The lowest BCUT2D eigenvalue weighted by molar-refractivity contribution is 0.160. The molecule has 0 spiro atoms. The Morgan fingerprint density at radius 1 is 1.21 bits per heavy atom. The summed E-state index contributed by atoms with van der Waals surface area (Å²) in [6.45, 7) is 8.17. The number of halogens is 2. The highest BCUT2D eigenvalue weighted by atomic mass is 35.5. The zero-order valence-corrected chi connectivity index (χ0v) is 17.6. The summed E-state index contributed by atoms with van der Waals surface area (Å²) in [5, 5.41) is 4.34. The first-order valence-electron chi connectivity index (χ1n) is 9.64. The van der Waals surface area contributed by atoms with Gasteiger partial charge in [0.05, 0.1) is 12.1 Å². The normalized spacial score (nSPS) is 19.1. The van der Waals surface area contributed by atoms with Gasteiger partial charge < -0.3 is 9.88 Å². The van der Waals surface area contributed by atoms with Crippen molar-refractivity contribution in [2.75, 3.05) is 18.9 Å². The van der Waals surface area contributed by atoms with E-state index in [9.17, 15) is 4.39 Å². The van der Waals surface area contributed by atoms with E-state index in [1.807, 2.05) is 31.2 Å². The maximum absolute atomic E-state index is 13.6. The number of imidazole rings is 1. The zero-order chi connectivity index (χ0) is 20.1. The van der Waals surface area contributed by atoms with Crippen LogP contribution in [0.1, 0.15) is 43.8 Å². The van der Waals surface area contributed by atoms with Crippen LogP contribution in [0.15, 0.2) is 36.2 Å². The van der Waals surface area contributed by atoms with Crippen LogP contribution in [0.2, 0.25) is 5.02 Å². The third-order valence-corrected chi connectivity index (χ3v) is 5.87. The lowest BCUT2D eigenvalue weighted by Gasteiger charge is -2.39. The number of rotatable bonds is 3. The number of allylic oxidation sites excluding steroid dienone is 4. The third-order valence-electron chi connectivity index (χ3n) is 5.44. The maximum Gasteiger partial charge on any atom is 0.139 e. The molecule has 2 aromatic rings. The summed E-state index contributed by atoms with van der Waals surface area (Å²) in [5.41, 5.74) is 3.85. The molecule has 4 nitrogen and oxygen atoms in total. The van der Waals surface area contributed by atoms with Crippen molar-refractivity contribution in [1.29, 1.82) is 0 Å². The topological polar surface area (TPSA) is 33.1 Å². The van der Waals surface area contributed by atoms with Gasteiger partial charge in [-0.25, -0.2) is 9.37 Å². The van der Waals surface area contributed by atoms with E-state index in [2.05, 4.69) is 35.7 Å². The minimum absolute atomic E-state index is 0.0735. The van der Waals surface area contributed by atoms with Gasteiger partial charge in [0, 0.05) is 23.7 Å². The fraction of sp³-hybridized carbons (Fsp3) is 0.409. The Morgan fingerprint density at radius 3 is 2.68 bits per heavy atom. The highest BCUT2D eigenvalue weighted by Gasteiger charge is 2.35. The van der Waals surface area contributed by atoms with Gasteiger partial charge in [0.25, 0.3) is 0 Å². The van der Waals surface area contributed by atoms with Gasteiger partial charge >= 0.3 is 0 Å². The number of fused-ring (bicyclic) bond motifs is 1. The molecule has 148 valence electrons. The Bertz CT molecular complexity index is 987. The van der Waals surface area contributed by atoms with E-state index in [0.29, 0.717) is 12.8 Å². The van der Waals surface area contributed by atoms with E-state index in [1.165, 1.54) is 0 Å². The quantitative estimate of drug-likeness (QED) is 0.706. The molecule has 6 heteroatoms. The van der Waals surface area contributed by atoms with Gasteiger partial charge in [0.1, 0.15) is 23.2 Å². The van der Waals surface area contributed by atoms with Crippen molar-refractivity contribution in [3.05, 3.63) is 58.3 Å². The molecule has 0 bridgehead atoms. The molecule has 1 aliphatic carbocycles. The molecule has 0 amide bonds. The van der Waals surface area contributed by atoms with E-state index in [-0.39, 0.29) is 11.4 Å². The standard InChI is InChI=1S/C22H26ClFN4/c1-14-11-17(9-10-18(14)23)25-21-20(15-5-7-16(24)8-6-15)26-19-12-27(4)13-22(2,3)28(19)21/h5,7,9-11,25H,6,8,12-13H2,1-4H3. The molecule has 28 heavy (non-hydrogen) atoms. The van der Waals surface area contributed by atoms with Gasteiger partial charge in [0.15, 0.2) is 0 Å². The lowest BCUT2D eigenvalue weighted by atomic mass is 9.99. The predicted octanol–water partition coefficient (Wildman–Crippen LogP) is 5.80. The second-order valence-corrected chi connectivity index (χ2v) is 8.85. The van der Waals surface area contributed by atoms with Crippen molar-refractivity contribution in [3.63, 3.8) is 0 Å². The van der Waals surface area contributed by atoms with Gasteiger partial charge in [-0.2, -0.15) is 0 Å². The summed E-state index contributed by atoms with van der Waals surface area (Å²) in [4.78, 5) is 7.28. The van der Waals surface area contributed by atoms with Gasteiger partial charge in [-0.3, -0.25) is 4.90 Å². The molecule has 1 aromatic carbocycles. The number of benzene rings is 1. The molecule has 0 radical (unpaired) electrons. The van der Waals surface area contributed by atoms with Crippen LogP contribution in [0.4, 0.5) is 15.9 Å². The van der Waals surface area contributed by atoms with Crippen LogP contribution < -0.4 is 5.32 Å². The molecule has 0 unspecified atom stereocenters. The Balaban J connectivity index is 1.85. The van der Waals surface area contributed by atoms with E-state index in [4.69, 9.17) is 16.6 Å². The summed E-state index contributed by atoms with van der Waals surface area (Å²) < 4.78 is 15.9. The third kappa shape index (κ3) is 3.49. The van der Waals surface area contributed by atoms with Gasteiger partial charge in [0.2, 0.25) is 0 Å². The van der Waals surface area contributed by atoms with Crippen LogP contribution in [-0.2, 0) is 12.1 Å². The van der Waals surface area contributed by atoms with Gasteiger partial charge in [-0.1, -0.05) is 17.7 Å². The molecule has 2 heterocycles. The first-order chi connectivity index (χ1) is 13.2. The van der Waals surface area contributed by atoms with Crippen LogP contribution in [-0.4, -0.2) is 28.0 Å². The molecule has 0 atom stereocenters. The zero-order valence-electron chi connectivity index (χ0n) is 16.8.